The Labute approximate surface area is 120 Å². The maximum atomic E-state index is 5.76. The van der Waals surface area contributed by atoms with E-state index < -0.39 is 0 Å². The van der Waals surface area contributed by atoms with Gasteiger partial charge in [0.15, 0.2) is 11.6 Å². The number of hydrogen-bond acceptors (Lipinski definition) is 6. The summed E-state index contributed by atoms with van der Waals surface area (Å²) < 4.78 is 11.3. The van der Waals surface area contributed by atoms with E-state index in [1.54, 1.807) is 13.4 Å². The van der Waals surface area contributed by atoms with Gasteiger partial charge in [0.2, 0.25) is 5.75 Å². The molecule has 0 aliphatic carbocycles. The van der Waals surface area contributed by atoms with Crippen LogP contribution in [0.2, 0.25) is 0 Å². The number of nitrogens with zero attached hydrogens (tertiary/aromatic N) is 3. The topological polar surface area (TPSA) is 59.5 Å². The summed E-state index contributed by atoms with van der Waals surface area (Å²) in [5.41, 5.74) is 0. The quantitative estimate of drug-likeness (QED) is 0.889. The van der Waals surface area contributed by atoms with Crippen molar-refractivity contribution in [1.82, 2.24) is 9.97 Å². The highest BCUT2D eigenvalue weighted by molar-refractivity contribution is 5.65. The summed E-state index contributed by atoms with van der Waals surface area (Å²) in [5, 5.41) is 3.28. The van der Waals surface area contributed by atoms with Crippen LogP contribution in [-0.4, -0.2) is 48.9 Å². The Morgan fingerprint density at radius 2 is 2.05 bits per heavy atom. The number of nitrogens with one attached hydrogen (secondary N) is 1. The Bertz CT molecular complexity index is 431. The van der Waals surface area contributed by atoms with Gasteiger partial charge in [-0.2, -0.15) is 0 Å². The van der Waals surface area contributed by atoms with Crippen LogP contribution in [0.1, 0.15) is 27.2 Å². The predicted octanol–water partition coefficient (Wildman–Crippen LogP) is 1.92. The van der Waals surface area contributed by atoms with Crippen molar-refractivity contribution in [2.24, 2.45) is 0 Å². The molecule has 0 saturated carbocycles. The van der Waals surface area contributed by atoms with Gasteiger partial charge in [0.05, 0.1) is 19.3 Å². The zero-order chi connectivity index (χ0) is 14.5. The van der Waals surface area contributed by atoms with Gasteiger partial charge in [-0.15, -0.1) is 0 Å². The summed E-state index contributed by atoms with van der Waals surface area (Å²) in [6, 6.07) is 0. The van der Waals surface area contributed by atoms with Gasteiger partial charge in [-0.05, 0) is 20.3 Å². The highest BCUT2D eigenvalue weighted by Crippen LogP contribution is 2.33. The number of morpholine rings is 1. The summed E-state index contributed by atoms with van der Waals surface area (Å²) in [4.78, 5) is 10.9. The Kier molecular flexibility index (Phi) is 5.00. The van der Waals surface area contributed by atoms with E-state index in [4.69, 9.17) is 9.47 Å². The first-order valence-electron chi connectivity index (χ1n) is 7.19. The summed E-state index contributed by atoms with van der Waals surface area (Å²) in [6.07, 6.45) is 2.99. The molecule has 1 N–H and O–H groups in total. The fourth-order valence-corrected chi connectivity index (χ4v) is 2.50. The van der Waals surface area contributed by atoms with Gasteiger partial charge in [-0.25, -0.2) is 9.97 Å². The molecule has 112 valence electrons. The van der Waals surface area contributed by atoms with E-state index in [-0.39, 0.29) is 12.2 Å². The summed E-state index contributed by atoms with van der Waals surface area (Å²) in [5.74, 6) is 2.30. The largest absolute Gasteiger partial charge is 0.490 e. The summed E-state index contributed by atoms with van der Waals surface area (Å²) in [6.45, 7) is 8.75. The number of hydrogen-bond donors (Lipinski definition) is 1. The van der Waals surface area contributed by atoms with Crippen molar-refractivity contribution in [3.8, 4) is 5.75 Å². The molecular weight excluding hydrogens is 256 g/mol. The van der Waals surface area contributed by atoms with E-state index in [9.17, 15) is 0 Å². The van der Waals surface area contributed by atoms with Crippen LogP contribution in [0.3, 0.4) is 0 Å². The fourth-order valence-electron chi connectivity index (χ4n) is 2.50. The molecule has 0 bridgehead atoms. The molecule has 0 amide bonds. The maximum Gasteiger partial charge on any atom is 0.204 e. The van der Waals surface area contributed by atoms with Crippen molar-refractivity contribution in [3.05, 3.63) is 6.33 Å². The highest BCUT2D eigenvalue weighted by Gasteiger charge is 2.26. The molecule has 0 aromatic carbocycles. The second-order valence-electron chi connectivity index (χ2n) is 5.17. The van der Waals surface area contributed by atoms with Crippen LogP contribution in [0.25, 0.3) is 0 Å². The second-order valence-corrected chi connectivity index (χ2v) is 5.17. The predicted molar refractivity (Wildman–Crippen MR) is 79.6 cm³/mol. The van der Waals surface area contributed by atoms with Crippen LogP contribution in [0.5, 0.6) is 5.75 Å². The molecule has 0 spiro atoms. The molecule has 2 atom stereocenters. The molecule has 6 heteroatoms. The Hall–Kier alpha value is -1.56. The van der Waals surface area contributed by atoms with E-state index in [1.807, 2.05) is 0 Å². The monoisotopic (exact) mass is 280 g/mol. The molecule has 6 nitrogen and oxygen atoms in total. The lowest BCUT2D eigenvalue weighted by atomic mass is 10.2. The molecule has 1 aliphatic rings. The van der Waals surface area contributed by atoms with Gasteiger partial charge in [-0.3, -0.25) is 0 Å². The van der Waals surface area contributed by atoms with Crippen LogP contribution < -0.4 is 15.0 Å². The highest BCUT2D eigenvalue weighted by atomic mass is 16.5. The minimum atomic E-state index is 0.186. The minimum absolute atomic E-state index is 0.186. The molecule has 1 aromatic heterocycles. The van der Waals surface area contributed by atoms with Crippen molar-refractivity contribution >= 4 is 11.6 Å². The van der Waals surface area contributed by atoms with Crippen molar-refractivity contribution in [2.75, 3.05) is 37.0 Å². The zero-order valence-corrected chi connectivity index (χ0v) is 12.7. The lowest BCUT2D eigenvalue weighted by molar-refractivity contribution is -0.00558. The van der Waals surface area contributed by atoms with Crippen molar-refractivity contribution in [1.29, 1.82) is 0 Å². The van der Waals surface area contributed by atoms with Crippen molar-refractivity contribution < 1.29 is 9.47 Å². The fraction of sp³-hybridized carbons (Fsp3) is 0.714. The first-order chi connectivity index (χ1) is 9.65. The molecule has 2 rings (SSSR count). The molecule has 1 fully saturated rings. The van der Waals surface area contributed by atoms with Crippen LogP contribution in [-0.2, 0) is 4.74 Å². The van der Waals surface area contributed by atoms with E-state index in [2.05, 4.69) is 41.0 Å². The molecule has 1 aliphatic heterocycles. The van der Waals surface area contributed by atoms with E-state index >= 15 is 0 Å². The zero-order valence-electron chi connectivity index (χ0n) is 12.7. The van der Waals surface area contributed by atoms with Gasteiger partial charge >= 0.3 is 0 Å². The van der Waals surface area contributed by atoms with Crippen LogP contribution in [0.4, 0.5) is 11.6 Å². The molecule has 20 heavy (non-hydrogen) atoms. The van der Waals surface area contributed by atoms with Crippen LogP contribution in [0, 0.1) is 0 Å². The maximum absolute atomic E-state index is 5.76. The summed E-state index contributed by atoms with van der Waals surface area (Å²) >= 11 is 0. The molecule has 2 heterocycles. The van der Waals surface area contributed by atoms with E-state index in [0.717, 1.165) is 37.7 Å². The summed E-state index contributed by atoms with van der Waals surface area (Å²) in [7, 11) is 1.66. The molecular formula is C14H24N4O2. The van der Waals surface area contributed by atoms with Crippen molar-refractivity contribution in [2.45, 2.75) is 39.4 Å². The number of ether oxygens (including phenoxy) is 2. The third-order valence-electron chi connectivity index (χ3n) is 3.25. The third-order valence-corrected chi connectivity index (χ3v) is 3.25. The molecule has 2 unspecified atom stereocenters. The SMILES string of the molecule is CCCNc1ncnc(N2CC(C)OC(C)C2)c1OC. The number of rotatable bonds is 5. The smallest absolute Gasteiger partial charge is 0.204 e. The first kappa shape index (κ1) is 14.8. The normalized spacial score (nSPS) is 22.7. The van der Waals surface area contributed by atoms with E-state index in [1.165, 1.54) is 0 Å². The Morgan fingerprint density at radius 1 is 1.35 bits per heavy atom. The lowest BCUT2D eigenvalue weighted by Crippen LogP contribution is -2.46. The lowest BCUT2D eigenvalue weighted by Gasteiger charge is -2.36. The second kappa shape index (κ2) is 6.74. The minimum Gasteiger partial charge on any atom is -0.490 e. The van der Waals surface area contributed by atoms with Gasteiger partial charge in [0, 0.05) is 19.6 Å². The van der Waals surface area contributed by atoms with Gasteiger partial charge in [-0.1, -0.05) is 6.92 Å². The first-order valence-corrected chi connectivity index (χ1v) is 7.19. The third kappa shape index (κ3) is 3.30. The average Bonchev–Trinajstić information content (AvgIpc) is 2.43. The average molecular weight is 280 g/mol. The van der Waals surface area contributed by atoms with Crippen molar-refractivity contribution in [3.63, 3.8) is 0 Å². The molecule has 0 radical (unpaired) electrons. The van der Waals surface area contributed by atoms with Crippen LogP contribution in [0.15, 0.2) is 6.33 Å². The number of methoxy groups -OCH3 is 1. The van der Waals surface area contributed by atoms with Gasteiger partial charge < -0.3 is 19.7 Å². The molecule has 1 saturated heterocycles. The number of aromatic nitrogens is 2. The van der Waals surface area contributed by atoms with Gasteiger partial charge in [0.1, 0.15) is 6.33 Å². The Morgan fingerprint density at radius 3 is 2.65 bits per heavy atom. The van der Waals surface area contributed by atoms with E-state index in [0.29, 0.717) is 5.75 Å². The standard InChI is InChI=1S/C14H24N4O2/c1-5-6-15-13-12(19-4)14(17-9-16-13)18-7-10(2)20-11(3)8-18/h9-11H,5-8H2,1-4H3,(H,15,16,17). The molecule has 1 aromatic rings. The van der Waals surface area contributed by atoms with Gasteiger partial charge in [0.25, 0.3) is 0 Å². The number of anilines is 2. The van der Waals surface area contributed by atoms with Crippen LogP contribution >= 0.6 is 0 Å². The Balaban J connectivity index is 2.25.